The zero-order chi connectivity index (χ0) is 17.8. The van der Waals surface area contributed by atoms with Gasteiger partial charge in [0.2, 0.25) is 5.91 Å². The molecule has 2 aliphatic heterocycles. The summed E-state index contributed by atoms with van der Waals surface area (Å²) in [6, 6.07) is 6.98. The average Bonchev–Trinajstić information content (AvgIpc) is 2.63. The summed E-state index contributed by atoms with van der Waals surface area (Å²) >= 11 is 0. The van der Waals surface area contributed by atoms with Crippen molar-refractivity contribution in [2.45, 2.75) is 44.4 Å². The topological polar surface area (TPSA) is 76.0 Å². The van der Waals surface area contributed by atoms with Crippen molar-refractivity contribution < 1.29 is 15.0 Å². The third-order valence-electron chi connectivity index (χ3n) is 5.39. The molecule has 6 nitrogen and oxygen atoms in total. The second-order valence-electron chi connectivity index (χ2n) is 7.06. The standard InChI is InChI=1S/C19H29N3O3/c1-2-15-13-20-8-11-22(15)18(14-4-3-5-17(24)12-14)19(25)21-9-6-16(23)7-10-21/h3-5,12,15-16,18,20,23-24H,2,6-11,13H2,1H3. The molecule has 2 saturated heterocycles. The van der Waals surface area contributed by atoms with E-state index in [4.69, 9.17) is 0 Å². The fraction of sp³-hybridized carbons (Fsp3) is 0.632. The summed E-state index contributed by atoms with van der Waals surface area (Å²) < 4.78 is 0. The minimum atomic E-state index is -0.380. The highest BCUT2D eigenvalue weighted by Crippen LogP contribution is 2.30. The first-order chi connectivity index (χ1) is 12.1. The SMILES string of the molecule is CCC1CNCCN1C(C(=O)N1CCC(O)CC1)c1cccc(O)c1. The van der Waals surface area contributed by atoms with E-state index < -0.39 is 0 Å². The van der Waals surface area contributed by atoms with Crippen LogP contribution in [0.2, 0.25) is 0 Å². The molecule has 2 atom stereocenters. The zero-order valence-corrected chi connectivity index (χ0v) is 14.9. The number of rotatable bonds is 4. The Hall–Kier alpha value is -1.63. The third-order valence-corrected chi connectivity index (χ3v) is 5.39. The summed E-state index contributed by atoms with van der Waals surface area (Å²) in [4.78, 5) is 17.5. The lowest BCUT2D eigenvalue weighted by Gasteiger charge is -2.43. The molecular formula is C19H29N3O3. The van der Waals surface area contributed by atoms with Gasteiger partial charge in [-0.15, -0.1) is 0 Å². The predicted octanol–water partition coefficient (Wildman–Crippen LogP) is 1.10. The maximum atomic E-state index is 13.4. The molecule has 0 radical (unpaired) electrons. The lowest BCUT2D eigenvalue weighted by Crippen LogP contribution is -2.56. The van der Waals surface area contributed by atoms with Gasteiger partial charge < -0.3 is 20.4 Å². The van der Waals surface area contributed by atoms with E-state index in [1.165, 1.54) is 0 Å². The van der Waals surface area contributed by atoms with Gasteiger partial charge in [0, 0.05) is 38.8 Å². The van der Waals surface area contributed by atoms with Gasteiger partial charge in [-0.1, -0.05) is 19.1 Å². The number of aromatic hydroxyl groups is 1. The van der Waals surface area contributed by atoms with E-state index in [9.17, 15) is 15.0 Å². The number of carbonyl (C=O) groups is 1. The lowest BCUT2D eigenvalue weighted by molar-refractivity contribution is -0.141. The van der Waals surface area contributed by atoms with E-state index in [0.717, 1.165) is 31.6 Å². The third kappa shape index (κ3) is 4.14. The predicted molar refractivity (Wildman–Crippen MR) is 96.3 cm³/mol. The van der Waals surface area contributed by atoms with Crippen molar-refractivity contribution in [2.24, 2.45) is 0 Å². The molecule has 0 spiro atoms. The summed E-state index contributed by atoms with van der Waals surface area (Å²) in [5, 5.41) is 23.1. The van der Waals surface area contributed by atoms with Crippen molar-refractivity contribution in [3.63, 3.8) is 0 Å². The van der Waals surface area contributed by atoms with Crippen molar-refractivity contribution in [1.29, 1.82) is 0 Å². The summed E-state index contributed by atoms with van der Waals surface area (Å²) in [6.45, 7) is 5.87. The Labute approximate surface area is 149 Å². The lowest BCUT2D eigenvalue weighted by atomic mass is 9.97. The molecule has 0 aliphatic carbocycles. The highest BCUT2D eigenvalue weighted by molar-refractivity contribution is 5.83. The molecule has 0 aromatic heterocycles. The van der Waals surface area contributed by atoms with Crippen LogP contribution in [0, 0.1) is 0 Å². The quantitative estimate of drug-likeness (QED) is 0.760. The summed E-state index contributed by atoms with van der Waals surface area (Å²) in [6.07, 6.45) is 1.94. The van der Waals surface area contributed by atoms with Gasteiger partial charge in [0.25, 0.3) is 0 Å². The first-order valence-electron chi connectivity index (χ1n) is 9.32. The average molecular weight is 347 g/mol. The van der Waals surface area contributed by atoms with E-state index in [2.05, 4.69) is 17.1 Å². The van der Waals surface area contributed by atoms with E-state index in [1.54, 1.807) is 18.2 Å². The number of benzene rings is 1. The number of amides is 1. The van der Waals surface area contributed by atoms with Crippen LogP contribution in [0.15, 0.2) is 24.3 Å². The van der Waals surface area contributed by atoms with Gasteiger partial charge in [-0.2, -0.15) is 0 Å². The number of piperazine rings is 1. The number of phenols is 1. The highest BCUT2D eigenvalue weighted by atomic mass is 16.3. The van der Waals surface area contributed by atoms with Crippen molar-refractivity contribution in [2.75, 3.05) is 32.7 Å². The molecular weight excluding hydrogens is 318 g/mol. The van der Waals surface area contributed by atoms with E-state index >= 15 is 0 Å². The van der Waals surface area contributed by atoms with Gasteiger partial charge in [-0.05, 0) is 37.0 Å². The number of hydrogen-bond donors (Lipinski definition) is 3. The fourth-order valence-corrected chi connectivity index (χ4v) is 3.93. The number of nitrogens with one attached hydrogen (secondary N) is 1. The van der Waals surface area contributed by atoms with Crippen LogP contribution in [0.4, 0.5) is 0 Å². The Morgan fingerprint density at radius 2 is 2.08 bits per heavy atom. The second-order valence-corrected chi connectivity index (χ2v) is 7.06. The summed E-state index contributed by atoms with van der Waals surface area (Å²) in [5.74, 6) is 0.269. The molecule has 3 rings (SSSR count). The number of hydrogen-bond acceptors (Lipinski definition) is 5. The molecule has 0 saturated carbocycles. The molecule has 1 aromatic carbocycles. The minimum absolute atomic E-state index is 0.0813. The van der Waals surface area contributed by atoms with Crippen molar-refractivity contribution in [3.05, 3.63) is 29.8 Å². The van der Waals surface area contributed by atoms with Crippen molar-refractivity contribution in [1.82, 2.24) is 15.1 Å². The summed E-state index contributed by atoms with van der Waals surface area (Å²) in [7, 11) is 0. The molecule has 1 aromatic rings. The van der Waals surface area contributed by atoms with Gasteiger partial charge in [-0.25, -0.2) is 0 Å². The monoisotopic (exact) mass is 347 g/mol. The molecule has 2 unspecified atom stereocenters. The number of carbonyl (C=O) groups excluding carboxylic acids is 1. The Morgan fingerprint density at radius 1 is 1.32 bits per heavy atom. The molecule has 6 heteroatoms. The molecule has 3 N–H and O–H groups in total. The zero-order valence-electron chi connectivity index (χ0n) is 14.9. The molecule has 2 heterocycles. The van der Waals surface area contributed by atoms with E-state index in [0.29, 0.717) is 32.0 Å². The van der Waals surface area contributed by atoms with Gasteiger partial charge in [-0.3, -0.25) is 9.69 Å². The Bertz CT molecular complexity index is 587. The smallest absolute Gasteiger partial charge is 0.244 e. The van der Waals surface area contributed by atoms with Gasteiger partial charge in [0.05, 0.1) is 6.10 Å². The maximum Gasteiger partial charge on any atom is 0.244 e. The molecule has 138 valence electrons. The van der Waals surface area contributed by atoms with E-state index in [1.807, 2.05) is 11.0 Å². The molecule has 2 fully saturated rings. The van der Waals surface area contributed by atoms with Gasteiger partial charge in [0.15, 0.2) is 0 Å². The van der Waals surface area contributed by atoms with Crippen LogP contribution in [-0.2, 0) is 4.79 Å². The summed E-state index contributed by atoms with van der Waals surface area (Å²) in [5.41, 5.74) is 0.844. The Morgan fingerprint density at radius 3 is 2.76 bits per heavy atom. The fourth-order valence-electron chi connectivity index (χ4n) is 3.93. The van der Waals surface area contributed by atoms with Crippen LogP contribution in [0.3, 0.4) is 0 Å². The van der Waals surface area contributed by atoms with Crippen LogP contribution in [-0.4, -0.2) is 70.8 Å². The van der Waals surface area contributed by atoms with Crippen LogP contribution in [0.1, 0.15) is 37.8 Å². The number of likely N-dealkylation sites (tertiary alicyclic amines) is 1. The van der Waals surface area contributed by atoms with Gasteiger partial charge in [0.1, 0.15) is 11.8 Å². The largest absolute Gasteiger partial charge is 0.508 e. The van der Waals surface area contributed by atoms with Crippen LogP contribution >= 0.6 is 0 Å². The molecule has 25 heavy (non-hydrogen) atoms. The maximum absolute atomic E-state index is 13.4. The molecule has 2 aliphatic rings. The van der Waals surface area contributed by atoms with E-state index in [-0.39, 0.29) is 23.8 Å². The number of aliphatic hydroxyl groups excluding tert-OH is 1. The van der Waals surface area contributed by atoms with Crippen molar-refractivity contribution in [3.8, 4) is 5.75 Å². The Balaban J connectivity index is 1.89. The van der Waals surface area contributed by atoms with Crippen LogP contribution in [0.25, 0.3) is 0 Å². The highest BCUT2D eigenvalue weighted by Gasteiger charge is 2.37. The van der Waals surface area contributed by atoms with Gasteiger partial charge >= 0.3 is 0 Å². The van der Waals surface area contributed by atoms with Crippen molar-refractivity contribution >= 4 is 5.91 Å². The first kappa shape index (κ1) is 18.2. The number of aliphatic hydroxyl groups is 1. The normalized spacial score (nSPS) is 24.2. The first-order valence-corrected chi connectivity index (χ1v) is 9.32. The van der Waals surface area contributed by atoms with Crippen LogP contribution < -0.4 is 5.32 Å². The molecule has 0 bridgehead atoms. The van der Waals surface area contributed by atoms with Crippen LogP contribution in [0.5, 0.6) is 5.75 Å². The minimum Gasteiger partial charge on any atom is -0.508 e. The second kappa shape index (κ2) is 8.17. The number of nitrogens with zero attached hydrogens (tertiary/aromatic N) is 2. The molecule has 1 amide bonds. The number of piperidine rings is 1. The Kier molecular flexibility index (Phi) is 5.93. The number of phenolic OH excluding ortho intramolecular Hbond substituents is 1.